The maximum Gasteiger partial charge on any atom is 0.231 e. The number of nitrogens with zero attached hydrogens (tertiary/aromatic N) is 1. The first-order chi connectivity index (χ1) is 13.5. The molecule has 0 aliphatic carbocycles. The number of phenolic OH excluding ortho intramolecular Hbond substituents is 1. The van der Waals surface area contributed by atoms with Gasteiger partial charge in [-0.3, -0.25) is 4.79 Å². The minimum absolute atomic E-state index is 0.150. The van der Waals surface area contributed by atoms with Gasteiger partial charge in [-0.15, -0.1) is 0 Å². The van der Waals surface area contributed by atoms with Crippen molar-refractivity contribution < 1.29 is 19.4 Å². The lowest BCUT2D eigenvalue weighted by Gasteiger charge is -2.18. The number of benzene rings is 2. The molecular weight excluding hydrogens is 354 g/mol. The third-order valence-electron chi connectivity index (χ3n) is 4.73. The molecule has 148 valence electrons. The lowest BCUT2D eigenvalue weighted by atomic mass is 10.0. The number of ether oxygens (including phenoxy) is 2. The number of Topliss-reactive ketones (excluding diaryl/α,β-unsaturated/α-hetero) is 1. The van der Waals surface area contributed by atoms with Crippen LogP contribution in [0.15, 0.2) is 42.2 Å². The number of fused-ring (bicyclic) bond motifs is 1. The fourth-order valence-electron chi connectivity index (χ4n) is 3.20. The lowest BCUT2D eigenvalue weighted by molar-refractivity contribution is 0.101. The second kappa shape index (κ2) is 8.93. The molecule has 0 amide bonds. The van der Waals surface area contributed by atoms with E-state index in [1.165, 1.54) is 0 Å². The fourth-order valence-corrected chi connectivity index (χ4v) is 3.20. The molecule has 0 saturated heterocycles. The van der Waals surface area contributed by atoms with E-state index in [0.29, 0.717) is 30.0 Å². The Kier molecular flexibility index (Phi) is 6.37. The average Bonchev–Trinajstić information content (AvgIpc) is 3.00. The van der Waals surface area contributed by atoms with Gasteiger partial charge in [0.1, 0.15) is 17.2 Å². The Morgan fingerprint density at radius 2 is 1.89 bits per heavy atom. The van der Waals surface area contributed by atoms with Crippen molar-refractivity contribution in [3.05, 3.63) is 58.8 Å². The molecule has 1 aliphatic heterocycles. The molecule has 1 aliphatic rings. The molecule has 2 aromatic rings. The van der Waals surface area contributed by atoms with Crippen LogP contribution < -0.4 is 9.47 Å². The first-order valence-corrected chi connectivity index (χ1v) is 9.74. The molecule has 2 aromatic carbocycles. The van der Waals surface area contributed by atoms with Gasteiger partial charge >= 0.3 is 0 Å². The van der Waals surface area contributed by atoms with Crippen LogP contribution in [-0.4, -0.2) is 36.0 Å². The van der Waals surface area contributed by atoms with Crippen molar-refractivity contribution in [3.8, 4) is 17.2 Å². The molecule has 0 aromatic heterocycles. The van der Waals surface area contributed by atoms with Crippen LogP contribution in [0.1, 0.15) is 48.2 Å². The van der Waals surface area contributed by atoms with Crippen LogP contribution in [-0.2, 0) is 6.54 Å². The maximum atomic E-state index is 12.8. The van der Waals surface area contributed by atoms with Gasteiger partial charge in [0.05, 0.1) is 17.7 Å². The topological polar surface area (TPSA) is 59.0 Å². The van der Waals surface area contributed by atoms with Crippen molar-refractivity contribution in [1.82, 2.24) is 4.90 Å². The Morgan fingerprint density at radius 3 is 2.57 bits per heavy atom. The number of unbranched alkanes of at least 4 members (excludes halogenated alkanes) is 1. The summed E-state index contributed by atoms with van der Waals surface area (Å²) < 4.78 is 11.4. The number of hydrogen-bond donors (Lipinski definition) is 1. The number of phenols is 1. The summed E-state index contributed by atoms with van der Waals surface area (Å²) in [5.74, 6) is 1.50. The molecule has 5 nitrogen and oxygen atoms in total. The molecule has 1 heterocycles. The van der Waals surface area contributed by atoms with E-state index in [-0.39, 0.29) is 17.3 Å². The van der Waals surface area contributed by atoms with Gasteiger partial charge in [0.15, 0.2) is 5.76 Å². The molecule has 0 spiro atoms. The largest absolute Gasteiger partial charge is 0.507 e. The Balaban J connectivity index is 1.84. The van der Waals surface area contributed by atoms with E-state index in [2.05, 4.69) is 11.8 Å². The highest BCUT2D eigenvalue weighted by atomic mass is 16.5. The number of aromatic hydroxyl groups is 1. The predicted octanol–water partition coefficient (Wildman–Crippen LogP) is 4.64. The highest BCUT2D eigenvalue weighted by Crippen LogP contribution is 2.40. The Morgan fingerprint density at radius 1 is 1.14 bits per heavy atom. The van der Waals surface area contributed by atoms with Crippen molar-refractivity contribution >= 4 is 11.9 Å². The molecule has 3 rings (SSSR count). The van der Waals surface area contributed by atoms with Crippen molar-refractivity contribution in [3.63, 3.8) is 0 Å². The average molecular weight is 381 g/mol. The van der Waals surface area contributed by atoms with E-state index in [1.54, 1.807) is 18.2 Å². The van der Waals surface area contributed by atoms with Gasteiger partial charge in [-0.25, -0.2) is 0 Å². The van der Waals surface area contributed by atoms with Gasteiger partial charge in [-0.1, -0.05) is 25.5 Å². The first kappa shape index (κ1) is 20.0. The second-order valence-corrected chi connectivity index (χ2v) is 6.97. The van der Waals surface area contributed by atoms with Crippen LogP contribution >= 0.6 is 0 Å². The third kappa shape index (κ3) is 4.37. The summed E-state index contributed by atoms with van der Waals surface area (Å²) >= 11 is 0. The van der Waals surface area contributed by atoms with E-state index >= 15 is 0 Å². The van der Waals surface area contributed by atoms with Gasteiger partial charge in [0, 0.05) is 6.54 Å². The van der Waals surface area contributed by atoms with Gasteiger partial charge in [-0.05, 0) is 62.8 Å². The highest BCUT2D eigenvalue weighted by Gasteiger charge is 2.31. The van der Waals surface area contributed by atoms with Crippen LogP contribution in [0.5, 0.6) is 17.2 Å². The van der Waals surface area contributed by atoms with Crippen LogP contribution in [0.4, 0.5) is 0 Å². The van der Waals surface area contributed by atoms with Gasteiger partial charge in [-0.2, -0.15) is 0 Å². The monoisotopic (exact) mass is 381 g/mol. The van der Waals surface area contributed by atoms with Crippen molar-refractivity contribution in [2.75, 3.05) is 20.2 Å². The zero-order valence-electron chi connectivity index (χ0n) is 16.7. The number of carbonyl (C=O) groups excluding carboxylic acids is 1. The van der Waals surface area contributed by atoms with Crippen LogP contribution in [0, 0.1) is 0 Å². The maximum absolute atomic E-state index is 12.8. The van der Waals surface area contributed by atoms with E-state index in [4.69, 9.17) is 9.47 Å². The zero-order valence-corrected chi connectivity index (χ0v) is 16.7. The molecule has 0 saturated carbocycles. The minimum atomic E-state index is -0.165. The van der Waals surface area contributed by atoms with Crippen LogP contribution in [0.25, 0.3) is 6.08 Å². The SMILES string of the molecule is CCCCN(C)Cc1c(O)ccc2c1O/C(=C\c1ccc(OCC)cc1)C2=O. The minimum Gasteiger partial charge on any atom is -0.507 e. The van der Waals surface area contributed by atoms with Gasteiger partial charge in [0.2, 0.25) is 5.78 Å². The Labute approximate surface area is 166 Å². The number of ketones is 1. The van der Waals surface area contributed by atoms with Gasteiger partial charge < -0.3 is 19.5 Å². The second-order valence-electron chi connectivity index (χ2n) is 6.97. The molecule has 28 heavy (non-hydrogen) atoms. The lowest BCUT2D eigenvalue weighted by Crippen LogP contribution is -2.19. The Hall–Kier alpha value is -2.79. The van der Waals surface area contributed by atoms with E-state index in [9.17, 15) is 9.90 Å². The van der Waals surface area contributed by atoms with E-state index < -0.39 is 0 Å². The quantitative estimate of drug-likeness (QED) is 0.675. The van der Waals surface area contributed by atoms with Crippen molar-refractivity contribution in [2.24, 2.45) is 0 Å². The predicted molar refractivity (Wildman–Crippen MR) is 110 cm³/mol. The summed E-state index contributed by atoms with van der Waals surface area (Å²) in [7, 11) is 2.00. The summed E-state index contributed by atoms with van der Waals surface area (Å²) in [5.41, 5.74) is 2.00. The standard InChI is InChI=1S/C23H27NO4/c1-4-6-13-24(3)15-19-20(25)12-11-18-22(26)21(28-23(18)19)14-16-7-9-17(10-8-16)27-5-2/h7-12,14,25H,4-6,13,15H2,1-3H3/b21-14-. The molecule has 0 atom stereocenters. The van der Waals surface area contributed by atoms with Crippen molar-refractivity contribution in [2.45, 2.75) is 33.2 Å². The highest BCUT2D eigenvalue weighted by molar-refractivity contribution is 6.15. The molecule has 0 radical (unpaired) electrons. The smallest absolute Gasteiger partial charge is 0.231 e. The number of hydrogen-bond acceptors (Lipinski definition) is 5. The summed E-state index contributed by atoms with van der Waals surface area (Å²) in [6.07, 6.45) is 3.90. The number of rotatable bonds is 8. The molecule has 0 bridgehead atoms. The summed E-state index contributed by atoms with van der Waals surface area (Å²) in [5, 5.41) is 10.3. The number of carbonyl (C=O) groups is 1. The Bertz CT molecular complexity index is 871. The van der Waals surface area contributed by atoms with E-state index in [0.717, 1.165) is 30.7 Å². The molecule has 0 unspecified atom stereocenters. The van der Waals surface area contributed by atoms with Crippen LogP contribution in [0.3, 0.4) is 0 Å². The normalized spacial score (nSPS) is 14.4. The molecule has 0 fully saturated rings. The first-order valence-electron chi connectivity index (χ1n) is 9.74. The molecule has 1 N–H and O–H groups in total. The summed E-state index contributed by atoms with van der Waals surface area (Å²) in [6.45, 7) is 6.13. The summed E-state index contributed by atoms with van der Waals surface area (Å²) in [6, 6.07) is 10.7. The molecule has 5 heteroatoms. The number of allylic oxidation sites excluding steroid dienone is 1. The molecular formula is C23H27NO4. The fraction of sp³-hybridized carbons (Fsp3) is 0.348. The summed E-state index contributed by atoms with van der Waals surface area (Å²) in [4.78, 5) is 14.9. The van der Waals surface area contributed by atoms with Crippen LogP contribution in [0.2, 0.25) is 0 Å². The zero-order chi connectivity index (χ0) is 20.1. The third-order valence-corrected chi connectivity index (χ3v) is 4.73. The van der Waals surface area contributed by atoms with E-state index in [1.807, 2.05) is 38.2 Å². The van der Waals surface area contributed by atoms with Gasteiger partial charge in [0.25, 0.3) is 0 Å². The van der Waals surface area contributed by atoms with Crippen molar-refractivity contribution in [1.29, 1.82) is 0 Å².